The van der Waals surface area contributed by atoms with Crippen LogP contribution >= 0.6 is 0 Å². The van der Waals surface area contributed by atoms with Gasteiger partial charge in [0.15, 0.2) is 17.5 Å². The van der Waals surface area contributed by atoms with E-state index in [-0.39, 0.29) is 0 Å². The topological polar surface area (TPSA) is 64.5 Å². The van der Waals surface area contributed by atoms with Crippen molar-refractivity contribution in [3.05, 3.63) is 237 Å². The molecule has 0 saturated heterocycles. The number of rotatable bonds is 7. The SMILES string of the molecule is c1ccc(-c2ccc(-c3nc(-c4ccc(-c5ccccc5)cc4)nc(-c4cc(-c5cnc6c7ccccc7c7ccccc7c6n5)cc(-c5cc6ccccc6c6ccccc56)c4)n3)cc2)cc1. The molecule has 68 heavy (non-hydrogen) atoms. The first-order chi connectivity index (χ1) is 33.7. The van der Waals surface area contributed by atoms with Crippen LogP contribution in [0.4, 0.5) is 0 Å². The van der Waals surface area contributed by atoms with Gasteiger partial charge in [-0.2, -0.15) is 0 Å². The second-order valence-electron chi connectivity index (χ2n) is 17.2. The van der Waals surface area contributed by atoms with Crippen LogP contribution in [-0.4, -0.2) is 24.9 Å². The maximum absolute atomic E-state index is 5.49. The highest BCUT2D eigenvalue weighted by Gasteiger charge is 2.19. The summed E-state index contributed by atoms with van der Waals surface area (Å²) in [4.78, 5) is 26.5. The average molecular weight is 866 g/mol. The zero-order valence-electron chi connectivity index (χ0n) is 36.8. The molecule has 5 heteroatoms. The van der Waals surface area contributed by atoms with Crippen molar-refractivity contribution in [3.8, 4) is 78.8 Å². The fourth-order valence-corrected chi connectivity index (χ4v) is 9.76. The van der Waals surface area contributed by atoms with E-state index < -0.39 is 0 Å². The number of hydrogen-bond donors (Lipinski definition) is 0. The van der Waals surface area contributed by atoms with Gasteiger partial charge in [-0.15, -0.1) is 0 Å². The lowest BCUT2D eigenvalue weighted by molar-refractivity contribution is 1.07. The summed E-state index contributed by atoms with van der Waals surface area (Å²) in [5, 5.41) is 9.19. The third kappa shape index (κ3) is 6.93. The smallest absolute Gasteiger partial charge is 0.164 e. The molecule has 0 fully saturated rings. The first-order valence-electron chi connectivity index (χ1n) is 22.9. The van der Waals surface area contributed by atoms with E-state index in [9.17, 15) is 0 Å². The lowest BCUT2D eigenvalue weighted by atomic mass is 9.91. The summed E-state index contributed by atoms with van der Waals surface area (Å²) < 4.78 is 0. The Morgan fingerprint density at radius 1 is 0.235 bits per heavy atom. The second kappa shape index (κ2) is 16.4. The number of hydrogen-bond acceptors (Lipinski definition) is 5. The predicted octanol–water partition coefficient (Wildman–Crippen LogP) is 16.1. The molecule has 0 unspecified atom stereocenters. The number of aromatic nitrogens is 5. The number of nitrogens with zero attached hydrogens (tertiary/aromatic N) is 5. The van der Waals surface area contributed by atoms with E-state index in [0.717, 1.165) is 99.3 Å². The Labute approximate surface area is 392 Å². The molecule has 0 N–H and O–H groups in total. The Kier molecular flexibility index (Phi) is 9.43. The van der Waals surface area contributed by atoms with Gasteiger partial charge in [-0.1, -0.05) is 206 Å². The van der Waals surface area contributed by atoms with Crippen LogP contribution in [0.2, 0.25) is 0 Å². The summed E-state index contributed by atoms with van der Waals surface area (Å²) in [5.41, 5.74) is 12.7. The minimum Gasteiger partial charge on any atom is -0.252 e. The monoisotopic (exact) mass is 865 g/mol. The van der Waals surface area contributed by atoms with Gasteiger partial charge in [-0.05, 0) is 90.0 Å². The van der Waals surface area contributed by atoms with Gasteiger partial charge in [0.05, 0.1) is 22.9 Å². The molecule has 0 aliphatic carbocycles. The fraction of sp³-hybridized carbons (Fsp3) is 0. The first kappa shape index (κ1) is 39.2. The molecule has 13 rings (SSSR count). The molecule has 0 saturated carbocycles. The molecule has 11 aromatic carbocycles. The maximum atomic E-state index is 5.49. The Hall–Kier alpha value is -9.19. The van der Waals surface area contributed by atoms with Crippen LogP contribution in [0.1, 0.15) is 0 Å². The quantitative estimate of drug-likeness (QED) is 0.149. The van der Waals surface area contributed by atoms with Crippen molar-refractivity contribution in [1.82, 2.24) is 24.9 Å². The van der Waals surface area contributed by atoms with E-state index in [4.69, 9.17) is 24.9 Å². The van der Waals surface area contributed by atoms with Crippen molar-refractivity contribution in [1.29, 1.82) is 0 Å². The van der Waals surface area contributed by atoms with Crippen LogP contribution < -0.4 is 0 Å². The van der Waals surface area contributed by atoms with Crippen molar-refractivity contribution in [2.24, 2.45) is 0 Å². The maximum Gasteiger partial charge on any atom is 0.164 e. The molecule has 0 spiro atoms. The lowest BCUT2D eigenvalue weighted by Gasteiger charge is -2.15. The molecule has 13 aromatic rings. The fourth-order valence-electron chi connectivity index (χ4n) is 9.76. The third-order valence-corrected chi connectivity index (χ3v) is 13.1. The van der Waals surface area contributed by atoms with E-state index in [1.807, 2.05) is 18.3 Å². The van der Waals surface area contributed by atoms with E-state index in [1.54, 1.807) is 0 Å². The van der Waals surface area contributed by atoms with Crippen molar-refractivity contribution in [3.63, 3.8) is 0 Å². The number of fused-ring (bicyclic) bond motifs is 9. The molecule has 0 atom stereocenters. The zero-order valence-corrected chi connectivity index (χ0v) is 36.8. The van der Waals surface area contributed by atoms with Crippen LogP contribution in [0.25, 0.3) is 133 Å². The summed E-state index contributed by atoms with van der Waals surface area (Å²) in [5.74, 6) is 1.73. The van der Waals surface area contributed by atoms with Gasteiger partial charge in [0.25, 0.3) is 0 Å². The lowest BCUT2D eigenvalue weighted by Crippen LogP contribution is -2.01. The molecule has 0 amide bonds. The Balaban J connectivity index is 1.05. The highest BCUT2D eigenvalue weighted by Crippen LogP contribution is 2.40. The van der Waals surface area contributed by atoms with Gasteiger partial charge in [0.1, 0.15) is 0 Å². The summed E-state index contributed by atoms with van der Waals surface area (Å²) in [7, 11) is 0. The Bertz CT molecular complexity index is 3920. The second-order valence-corrected chi connectivity index (χ2v) is 17.2. The third-order valence-electron chi connectivity index (χ3n) is 13.1. The van der Waals surface area contributed by atoms with Gasteiger partial charge in [-0.3, -0.25) is 4.98 Å². The largest absolute Gasteiger partial charge is 0.252 e. The van der Waals surface area contributed by atoms with Crippen molar-refractivity contribution >= 4 is 54.1 Å². The van der Waals surface area contributed by atoms with Crippen molar-refractivity contribution in [2.45, 2.75) is 0 Å². The molecule has 2 aromatic heterocycles. The van der Waals surface area contributed by atoms with Crippen LogP contribution in [0.5, 0.6) is 0 Å². The van der Waals surface area contributed by atoms with Gasteiger partial charge in [0, 0.05) is 33.0 Å². The molecule has 0 bridgehead atoms. The number of benzene rings is 11. The summed E-state index contributed by atoms with van der Waals surface area (Å²) >= 11 is 0. The average Bonchev–Trinajstić information content (AvgIpc) is 3.43. The van der Waals surface area contributed by atoms with Crippen LogP contribution in [0.15, 0.2) is 237 Å². The highest BCUT2D eigenvalue weighted by atomic mass is 15.0. The molecular weight excluding hydrogens is 827 g/mol. The van der Waals surface area contributed by atoms with Gasteiger partial charge in [-0.25, -0.2) is 19.9 Å². The first-order valence-corrected chi connectivity index (χ1v) is 22.9. The van der Waals surface area contributed by atoms with Gasteiger partial charge < -0.3 is 0 Å². The van der Waals surface area contributed by atoms with E-state index in [2.05, 4.69) is 218 Å². The predicted molar refractivity (Wildman–Crippen MR) is 281 cm³/mol. The molecule has 316 valence electrons. The van der Waals surface area contributed by atoms with Gasteiger partial charge in [0.2, 0.25) is 0 Å². The van der Waals surface area contributed by atoms with Gasteiger partial charge >= 0.3 is 0 Å². The van der Waals surface area contributed by atoms with Crippen LogP contribution in [-0.2, 0) is 0 Å². The minimum absolute atomic E-state index is 0.558. The summed E-state index contributed by atoms with van der Waals surface area (Å²) in [6, 6.07) is 81.0. The molecule has 0 aliphatic heterocycles. The van der Waals surface area contributed by atoms with E-state index in [0.29, 0.717) is 17.5 Å². The molecule has 0 radical (unpaired) electrons. The Morgan fingerprint density at radius 2 is 0.632 bits per heavy atom. The van der Waals surface area contributed by atoms with E-state index >= 15 is 0 Å². The highest BCUT2D eigenvalue weighted by molar-refractivity contribution is 6.23. The Morgan fingerprint density at radius 3 is 1.21 bits per heavy atom. The molecule has 2 heterocycles. The normalized spacial score (nSPS) is 11.5. The molecular formula is C63H39N5. The minimum atomic E-state index is 0.558. The molecule has 0 aliphatic rings. The van der Waals surface area contributed by atoms with Crippen molar-refractivity contribution < 1.29 is 0 Å². The zero-order chi connectivity index (χ0) is 45.0. The standard InChI is InChI=1S/C63H39N5/c1-3-15-40(16-4-1)42-27-31-44(32-28-42)61-66-62(45-33-29-43(30-34-45)41-17-5-2-6-18-41)68-63(67-61)49-36-47(57-38-46-19-7-8-20-50(46)51-21-9-10-24-54(51)57)35-48(37-49)58-39-64-59-55-25-13-11-22-52(55)53-23-12-14-26-56(53)60(59)65-58/h1-39H. The van der Waals surface area contributed by atoms with E-state index in [1.165, 1.54) is 16.2 Å². The summed E-state index contributed by atoms with van der Waals surface area (Å²) in [6.45, 7) is 0. The molecule has 5 nitrogen and oxygen atoms in total. The van der Waals surface area contributed by atoms with Crippen molar-refractivity contribution in [2.75, 3.05) is 0 Å². The van der Waals surface area contributed by atoms with Crippen LogP contribution in [0, 0.1) is 0 Å². The van der Waals surface area contributed by atoms with Crippen LogP contribution in [0.3, 0.4) is 0 Å². The summed E-state index contributed by atoms with van der Waals surface area (Å²) in [6.07, 6.45) is 1.91.